The number of hydrogen-bond acceptors (Lipinski definition) is 5. The summed E-state index contributed by atoms with van der Waals surface area (Å²) in [5.41, 5.74) is 5.97. The Morgan fingerprint density at radius 2 is 2.33 bits per heavy atom. The molecule has 2 N–H and O–H groups in total. The van der Waals surface area contributed by atoms with E-state index in [1.54, 1.807) is 0 Å². The van der Waals surface area contributed by atoms with Gasteiger partial charge in [0.2, 0.25) is 4.47 Å². The van der Waals surface area contributed by atoms with Crippen molar-refractivity contribution in [3.63, 3.8) is 0 Å². The Kier molecular flexibility index (Phi) is 3.56. The minimum atomic E-state index is 0.289. The largest absolute Gasteiger partial charge is 0.327 e. The van der Waals surface area contributed by atoms with Gasteiger partial charge in [-0.05, 0) is 23.9 Å². The molecule has 0 spiro atoms. The molecule has 6 heteroatoms. The fourth-order valence-corrected chi connectivity index (χ4v) is 3.04. The fourth-order valence-electron chi connectivity index (χ4n) is 2.13. The molecule has 2 heterocycles. The Labute approximate surface area is 98.4 Å². The zero-order valence-corrected chi connectivity index (χ0v) is 10.3. The second-order valence-electron chi connectivity index (χ2n) is 4.24. The van der Waals surface area contributed by atoms with Gasteiger partial charge < -0.3 is 5.73 Å². The summed E-state index contributed by atoms with van der Waals surface area (Å²) in [7, 11) is 0. The highest BCUT2D eigenvalue weighted by Crippen LogP contribution is 2.20. The maximum absolute atomic E-state index is 5.97. The van der Waals surface area contributed by atoms with Crippen molar-refractivity contribution in [2.45, 2.75) is 25.9 Å². The standard InChI is InChI=1S/C9H15ClN4S/c1-6-2-7(11)4-14(3-6)5-8-12-13-9(10)15-8/h6-7H,2-5,11H2,1H3. The molecule has 0 amide bonds. The first kappa shape index (κ1) is 11.3. The van der Waals surface area contributed by atoms with E-state index in [-0.39, 0.29) is 6.04 Å². The molecular formula is C9H15ClN4S. The Morgan fingerprint density at radius 3 is 2.93 bits per heavy atom. The van der Waals surface area contributed by atoms with Crippen molar-refractivity contribution in [2.75, 3.05) is 13.1 Å². The van der Waals surface area contributed by atoms with Crippen molar-refractivity contribution in [1.82, 2.24) is 15.1 Å². The molecule has 15 heavy (non-hydrogen) atoms. The van der Waals surface area contributed by atoms with Crippen molar-refractivity contribution in [2.24, 2.45) is 11.7 Å². The molecule has 1 fully saturated rings. The number of hydrogen-bond donors (Lipinski definition) is 1. The maximum Gasteiger partial charge on any atom is 0.207 e. The van der Waals surface area contributed by atoms with Crippen molar-refractivity contribution in [3.05, 3.63) is 9.47 Å². The number of likely N-dealkylation sites (tertiary alicyclic amines) is 1. The normalized spacial score (nSPS) is 28.2. The SMILES string of the molecule is CC1CC(N)CN(Cc2nnc(Cl)s2)C1. The quantitative estimate of drug-likeness (QED) is 0.856. The van der Waals surface area contributed by atoms with Gasteiger partial charge in [-0.25, -0.2) is 0 Å². The van der Waals surface area contributed by atoms with Crippen molar-refractivity contribution < 1.29 is 0 Å². The molecule has 0 bridgehead atoms. The summed E-state index contributed by atoms with van der Waals surface area (Å²) in [5, 5.41) is 8.78. The maximum atomic E-state index is 5.97. The van der Waals surface area contributed by atoms with Crippen LogP contribution in [-0.2, 0) is 6.54 Å². The molecule has 0 saturated carbocycles. The lowest BCUT2D eigenvalue weighted by atomic mass is 9.97. The predicted molar refractivity (Wildman–Crippen MR) is 62.0 cm³/mol. The van der Waals surface area contributed by atoms with E-state index >= 15 is 0 Å². The minimum absolute atomic E-state index is 0.289. The van der Waals surface area contributed by atoms with Crippen LogP contribution in [0.25, 0.3) is 0 Å². The van der Waals surface area contributed by atoms with E-state index in [0.29, 0.717) is 10.4 Å². The fraction of sp³-hybridized carbons (Fsp3) is 0.778. The first-order valence-corrected chi connectivity index (χ1v) is 6.28. The van der Waals surface area contributed by atoms with Gasteiger partial charge in [0.1, 0.15) is 5.01 Å². The Morgan fingerprint density at radius 1 is 1.53 bits per heavy atom. The van der Waals surface area contributed by atoms with Crippen molar-refractivity contribution in [1.29, 1.82) is 0 Å². The van der Waals surface area contributed by atoms with E-state index in [0.717, 1.165) is 31.1 Å². The van der Waals surface area contributed by atoms with Crippen LogP contribution in [0.2, 0.25) is 4.47 Å². The summed E-state index contributed by atoms with van der Waals surface area (Å²) in [5.74, 6) is 0.664. The Bertz CT molecular complexity index is 320. The first-order valence-electron chi connectivity index (χ1n) is 5.09. The summed E-state index contributed by atoms with van der Waals surface area (Å²) < 4.78 is 0.513. The van der Waals surface area contributed by atoms with Crippen molar-refractivity contribution >= 4 is 22.9 Å². The van der Waals surface area contributed by atoms with Gasteiger partial charge in [-0.3, -0.25) is 4.90 Å². The molecule has 1 aromatic rings. The number of aromatic nitrogens is 2. The molecule has 2 unspecified atom stereocenters. The third-order valence-corrected chi connectivity index (χ3v) is 3.57. The van der Waals surface area contributed by atoms with E-state index in [9.17, 15) is 0 Å². The summed E-state index contributed by atoms with van der Waals surface area (Å²) in [6, 6.07) is 0.289. The predicted octanol–water partition coefficient (Wildman–Crippen LogP) is 1.36. The van der Waals surface area contributed by atoms with Crippen LogP contribution in [0.15, 0.2) is 0 Å². The summed E-state index contributed by atoms with van der Waals surface area (Å²) >= 11 is 7.18. The van der Waals surface area contributed by atoms with Gasteiger partial charge in [0.15, 0.2) is 0 Å². The van der Waals surface area contributed by atoms with Gasteiger partial charge in [-0.2, -0.15) is 0 Å². The molecule has 0 radical (unpaired) electrons. The summed E-state index contributed by atoms with van der Waals surface area (Å²) in [6.45, 7) is 5.09. The number of nitrogens with zero attached hydrogens (tertiary/aromatic N) is 3. The van der Waals surface area contributed by atoms with Crippen LogP contribution < -0.4 is 5.73 Å². The van der Waals surface area contributed by atoms with Gasteiger partial charge >= 0.3 is 0 Å². The van der Waals surface area contributed by atoms with Gasteiger partial charge in [0.05, 0.1) is 6.54 Å². The van der Waals surface area contributed by atoms with E-state index in [1.165, 1.54) is 11.3 Å². The van der Waals surface area contributed by atoms with Gasteiger partial charge in [0, 0.05) is 19.1 Å². The topological polar surface area (TPSA) is 55.0 Å². The number of nitrogens with two attached hydrogens (primary N) is 1. The van der Waals surface area contributed by atoms with E-state index in [1.807, 2.05) is 0 Å². The molecule has 0 aromatic carbocycles. The highest BCUT2D eigenvalue weighted by Gasteiger charge is 2.22. The summed E-state index contributed by atoms with van der Waals surface area (Å²) in [6.07, 6.45) is 1.12. The van der Waals surface area contributed by atoms with Gasteiger partial charge in [0.25, 0.3) is 0 Å². The molecule has 1 saturated heterocycles. The monoisotopic (exact) mass is 246 g/mol. The highest BCUT2D eigenvalue weighted by atomic mass is 35.5. The second kappa shape index (κ2) is 4.74. The molecule has 1 aliphatic rings. The smallest absolute Gasteiger partial charge is 0.207 e. The van der Waals surface area contributed by atoms with Crippen LogP contribution in [0.5, 0.6) is 0 Å². The van der Waals surface area contributed by atoms with Crippen LogP contribution in [-0.4, -0.2) is 34.2 Å². The number of rotatable bonds is 2. The van der Waals surface area contributed by atoms with Crippen LogP contribution in [0, 0.1) is 5.92 Å². The average Bonchev–Trinajstić information content (AvgIpc) is 2.49. The van der Waals surface area contributed by atoms with Crippen LogP contribution in [0.4, 0.5) is 0 Å². The lowest BCUT2D eigenvalue weighted by Crippen LogP contribution is -2.45. The Hall–Kier alpha value is -0.230. The third kappa shape index (κ3) is 3.11. The molecule has 4 nitrogen and oxygen atoms in total. The minimum Gasteiger partial charge on any atom is -0.327 e. The van der Waals surface area contributed by atoms with Crippen molar-refractivity contribution in [3.8, 4) is 0 Å². The molecule has 2 rings (SSSR count). The molecule has 0 aliphatic carbocycles. The van der Waals surface area contributed by atoms with Crippen LogP contribution >= 0.6 is 22.9 Å². The Balaban J connectivity index is 1.94. The third-order valence-electron chi connectivity index (χ3n) is 2.57. The van der Waals surface area contributed by atoms with Crippen LogP contribution in [0.1, 0.15) is 18.4 Å². The van der Waals surface area contributed by atoms with Gasteiger partial charge in [-0.15, -0.1) is 10.2 Å². The van der Waals surface area contributed by atoms with Crippen LogP contribution in [0.3, 0.4) is 0 Å². The lowest BCUT2D eigenvalue weighted by Gasteiger charge is -2.33. The highest BCUT2D eigenvalue weighted by molar-refractivity contribution is 7.15. The number of piperidine rings is 1. The zero-order chi connectivity index (χ0) is 10.8. The van der Waals surface area contributed by atoms with Gasteiger partial charge in [-0.1, -0.05) is 18.3 Å². The zero-order valence-electron chi connectivity index (χ0n) is 8.69. The molecule has 2 atom stereocenters. The first-order chi connectivity index (χ1) is 7.13. The molecule has 1 aliphatic heterocycles. The molecular weight excluding hydrogens is 232 g/mol. The second-order valence-corrected chi connectivity index (χ2v) is 5.89. The van der Waals surface area contributed by atoms with E-state index in [4.69, 9.17) is 17.3 Å². The summed E-state index contributed by atoms with van der Waals surface area (Å²) in [4.78, 5) is 2.33. The lowest BCUT2D eigenvalue weighted by molar-refractivity contribution is 0.158. The average molecular weight is 247 g/mol. The van der Waals surface area contributed by atoms with E-state index < -0.39 is 0 Å². The number of halogens is 1. The molecule has 1 aromatic heterocycles. The molecule has 84 valence electrons. The van der Waals surface area contributed by atoms with E-state index in [2.05, 4.69) is 22.0 Å².